The van der Waals surface area contributed by atoms with Crippen molar-refractivity contribution in [3.8, 4) is 0 Å². The Morgan fingerprint density at radius 2 is 1.89 bits per heavy atom. The Kier molecular flexibility index (Phi) is 3.89. The van der Waals surface area contributed by atoms with Gasteiger partial charge in [-0.1, -0.05) is 37.6 Å². The Hall–Kier alpha value is -2.35. The lowest BCUT2D eigenvalue weighted by atomic mass is 9.73. The van der Waals surface area contributed by atoms with Crippen LogP contribution in [-0.4, -0.2) is 20.5 Å². The van der Waals surface area contributed by atoms with Crippen LogP contribution in [0.5, 0.6) is 0 Å². The SMILES string of the molecule is CC1(C)CC(=O)C2=C(C1)Nc1nc(C(F)(F)F)nn1C2c1ccc(Cl)cc1. The van der Waals surface area contributed by atoms with E-state index in [0.29, 0.717) is 34.7 Å². The van der Waals surface area contributed by atoms with E-state index < -0.39 is 18.0 Å². The van der Waals surface area contributed by atoms with Gasteiger partial charge in [-0.2, -0.15) is 18.2 Å². The standard InChI is InChI=1S/C18H16ClF3N4O/c1-17(2)7-11-13(12(27)8-17)14(9-3-5-10(19)6-4-9)26-16(23-11)24-15(25-26)18(20,21)22/h3-6,14H,7-8H2,1-2H3,(H,23,24,25). The first-order valence-electron chi connectivity index (χ1n) is 8.38. The van der Waals surface area contributed by atoms with Crippen LogP contribution in [0.25, 0.3) is 0 Å². The molecular weight excluding hydrogens is 381 g/mol. The maximum atomic E-state index is 13.2. The second-order valence-electron chi connectivity index (χ2n) is 7.61. The normalized spacial score (nSPS) is 21.6. The first-order chi connectivity index (χ1) is 12.5. The second-order valence-corrected chi connectivity index (χ2v) is 8.05. The smallest absolute Gasteiger partial charge is 0.328 e. The Bertz CT molecular complexity index is 960. The van der Waals surface area contributed by atoms with Gasteiger partial charge in [-0.15, -0.1) is 5.10 Å². The summed E-state index contributed by atoms with van der Waals surface area (Å²) < 4.78 is 40.6. The van der Waals surface area contributed by atoms with E-state index in [1.54, 1.807) is 24.3 Å². The molecule has 1 aliphatic heterocycles. The average molecular weight is 397 g/mol. The zero-order valence-electron chi connectivity index (χ0n) is 14.6. The quantitative estimate of drug-likeness (QED) is 0.764. The minimum Gasteiger partial charge on any atom is -0.328 e. The number of alkyl halides is 3. The third kappa shape index (κ3) is 3.12. The maximum Gasteiger partial charge on any atom is 0.453 e. The molecule has 0 saturated heterocycles. The van der Waals surface area contributed by atoms with E-state index in [-0.39, 0.29) is 17.1 Å². The van der Waals surface area contributed by atoms with Crippen molar-refractivity contribution in [3.05, 3.63) is 51.9 Å². The Balaban J connectivity index is 1.91. The molecule has 0 radical (unpaired) electrons. The predicted molar refractivity (Wildman–Crippen MR) is 93.3 cm³/mol. The number of benzene rings is 1. The molecule has 2 aromatic rings. The molecular formula is C18H16ClF3N4O. The summed E-state index contributed by atoms with van der Waals surface area (Å²) in [5.74, 6) is -1.37. The molecule has 0 amide bonds. The average Bonchev–Trinajstić information content (AvgIpc) is 2.96. The van der Waals surface area contributed by atoms with E-state index in [9.17, 15) is 18.0 Å². The summed E-state index contributed by atoms with van der Waals surface area (Å²) in [4.78, 5) is 16.5. The number of anilines is 1. The van der Waals surface area contributed by atoms with Crippen molar-refractivity contribution >= 4 is 23.3 Å². The summed E-state index contributed by atoms with van der Waals surface area (Å²) in [5, 5.41) is 7.07. The van der Waals surface area contributed by atoms with Crippen LogP contribution in [-0.2, 0) is 11.0 Å². The molecule has 5 nitrogen and oxygen atoms in total. The molecule has 1 atom stereocenters. The van der Waals surface area contributed by atoms with E-state index in [1.807, 2.05) is 13.8 Å². The van der Waals surface area contributed by atoms with Crippen LogP contribution in [0.2, 0.25) is 5.02 Å². The van der Waals surface area contributed by atoms with E-state index in [0.717, 1.165) is 4.68 Å². The van der Waals surface area contributed by atoms with Crippen molar-refractivity contribution in [3.63, 3.8) is 0 Å². The number of carbonyl (C=O) groups excluding carboxylic acids is 1. The number of fused-ring (bicyclic) bond motifs is 1. The number of hydrogen-bond donors (Lipinski definition) is 1. The highest BCUT2D eigenvalue weighted by molar-refractivity contribution is 6.30. The van der Waals surface area contributed by atoms with Gasteiger partial charge in [-0.25, -0.2) is 4.68 Å². The fourth-order valence-electron chi connectivity index (χ4n) is 3.68. The summed E-state index contributed by atoms with van der Waals surface area (Å²) in [6, 6.07) is 5.87. The predicted octanol–water partition coefficient (Wildman–Crippen LogP) is 4.61. The highest BCUT2D eigenvalue weighted by atomic mass is 35.5. The zero-order valence-corrected chi connectivity index (χ0v) is 15.3. The van der Waals surface area contributed by atoms with Crippen LogP contribution in [0.3, 0.4) is 0 Å². The second kappa shape index (κ2) is 5.82. The van der Waals surface area contributed by atoms with Gasteiger partial charge >= 0.3 is 6.18 Å². The van der Waals surface area contributed by atoms with E-state index in [1.165, 1.54) is 0 Å². The number of halogens is 4. The number of hydrogen-bond acceptors (Lipinski definition) is 4. The molecule has 0 saturated carbocycles. The van der Waals surface area contributed by atoms with Gasteiger partial charge in [0.1, 0.15) is 6.04 Å². The molecule has 2 aliphatic rings. The molecule has 0 bridgehead atoms. The summed E-state index contributed by atoms with van der Waals surface area (Å²) in [5.41, 5.74) is 1.37. The van der Waals surface area contributed by atoms with Crippen LogP contribution in [0, 0.1) is 5.41 Å². The van der Waals surface area contributed by atoms with Gasteiger partial charge in [0.25, 0.3) is 5.82 Å². The highest BCUT2D eigenvalue weighted by Crippen LogP contribution is 2.46. The minimum absolute atomic E-state index is 0.0217. The molecule has 1 N–H and O–H groups in total. The van der Waals surface area contributed by atoms with Crippen molar-refractivity contribution < 1.29 is 18.0 Å². The maximum absolute atomic E-state index is 13.2. The molecule has 4 rings (SSSR count). The number of ketones is 1. The monoisotopic (exact) mass is 396 g/mol. The van der Waals surface area contributed by atoms with E-state index >= 15 is 0 Å². The van der Waals surface area contributed by atoms with Gasteiger partial charge in [0.2, 0.25) is 5.95 Å². The molecule has 1 unspecified atom stereocenters. The van der Waals surface area contributed by atoms with Crippen LogP contribution >= 0.6 is 11.6 Å². The van der Waals surface area contributed by atoms with Gasteiger partial charge in [0.15, 0.2) is 5.78 Å². The number of carbonyl (C=O) groups is 1. The zero-order chi connectivity index (χ0) is 19.6. The molecule has 9 heteroatoms. The highest BCUT2D eigenvalue weighted by Gasteiger charge is 2.44. The lowest BCUT2D eigenvalue weighted by Crippen LogP contribution is -2.36. The number of aromatic nitrogens is 3. The van der Waals surface area contributed by atoms with Crippen LogP contribution in [0.15, 0.2) is 35.5 Å². The fourth-order valence-corrected chi connectivity index (χ4v) is 3.81. The fraction of sp³-hybridized carbons (Fsp3) is 0.389. The van der Waals surface area contributed by atoms with Crippen LogP contribution < -0.4 is 5.32 Å². The summed E-state index contributed by atoms with van der Waals surface area (Å²) >= 11 is 5.94. The third-order valence-electron chi connectivity index (χ3n) is 4.77. The molecule has 1 aliphatic carbocycles. The van der Waals surface area contributed by atoms with Gasteiger partial charge in [-0.05, 0) is 29.5 Å². The first-order valence-corrected chi connectivity index (χ1v) is 8.75. The minimum atomic E-state index is -4.68. The molecule has 1 aromatic carbocycles. The topological polar surface area (TPSA) is 59.8 Å². The van der Waals surface area contributed by atoms with Gasteiger partial charge in [0.05, 0.1) is 0 Å². The van der Waals surface area contributed by atoms with Crippen LogP contribution in [0.4, 0.5) is 19.1 Å². The third-order valence-corrected chi connectivity index (χ3v) is 5.02. The van der Waals surface area contributed by atoms with Gasteiger partial charge in [-0.3, -0.25) is 4.79 Å². The number of Topliss-reactive ketones (excluding diaryl/α,β-unsaturated/α-hetero) is 1. The Morgan fingerprint density at radius 1 is 1.22 bits per heavy atom. The first kappa shape index (κ1) is 18.0. The van der Waals surface area contributed by atoms with Crippen molar-refractivity contribution in [2.45, 2.75) is 38.9 Å². The molecule has 1 aromatic heterocycles. The summed E-state index contributed by atoms with van der Waals surface area (Å²) in [6.07, 6.45) is -3.83. The van der Waals surface area contributed by atoms with Crippen molar-refractivity contribution in [1.82, 2.24) is 14.8 Å². The number of nitrogens with zero attached hydrogens (tertiary/aromatic N) is 3. The van der Waals surface area contributed by atoms with Crippen LogP contribution in [0.1, 0.15) is 44.1 Å². The number of nitrogens with one attached hydrogen (secondary N) is 1. The molecule has 142 valence electrons. The molecule has 0 spiro atoms. The van der Waals surface area contributed by atoms with Crippen molar-refractivity contribution in [1.29, 1.82) is 0 Å². The van der Waals surface area contributed by atoms with Gasteiger partial charge < -0.3 is 5.32 Å². The molecule has 0 fully saturated rings. The number of allylic oxidation sites excluding steroid dienone is 2. The summed E-state index contributed by atoms with van der Waals surface area (Å²) in [6.45, 7) is 3.91. The largest absolute Gasteiger partial charge is 0.453 e. The van der Waals surface area contributed by atoms with Gasteiger partial charge in [0, 0.05) is 22.7 Å². The summed E-state index contributed by atoms with van der Waals surface area (Å²) in [7, 11) is 0. The van der Waals surface area contributed by atoms with E-state index in [2.05, 4.69) is 15.4 Å². The van der Waals surface area contributed by atoms with E-state index in [4.69, 9.17) is 11.6 Å². The van der Waals surface area contributed by atoms with Crippen molar-refractivity contribution in [2.24, 2.45) is 5.41 Å². The Labute approximate surface area is 158 Å². The van der Waals surface area contributed by atoms with Crippen molar-refractivity contribution in [2.75, 3.05) is 5.32 Å². The lowest BCUT2D eigenvalue weighted by Gasteiger charge is -2.38. The Morgan fingerprint density at radius 3 is 2.52 bits per heavy atom. The lowest BCUT2D eigenvalue weighted by molar-refractivity contribution is -0.145. The molecule has 27 heavy (non-hydrogen) atoms. The number of rotatable bonds is 1. The molecule has 2 heterocycles.